The minimum Gasteiger partial charge on any atom is -0.396 e. The highest BCUT2D eigenvalue weighted by Gasteiger charge is 2.29. The standard InChI is InChI=1S/C10H11F3N4OS/c1-2-16-8(18)7-6(15)5(3-14)9(19-7)17-4-10(11,12)13/h17H,2,4,15H2,1H3,(H,16,18). The highest BCUT2D eigenvalue weighted by atomic mass is 32.1. The number of thiophene rings is 1. The summed E-state index contributed by atoms with van der Waals surface area (Å²) >= 11 is 0.729. The molecule has 0 aliphatic carbocycles. The Morgan fingerprint density at radius 2 is 2.16 bits per heavy atom. The SMILES string of the molecule is CCNC(=O)c1sc(NCC(F)(F)F)c(C#N)c1N. The molecule has 0 unspecified atom stereocenters. The molecule has 5 nitrogen and oxygen atoms in total. The van der Waals surface area contributed by atoms with Crippen LogP contribution in [-0.2, 0) is 0 Å². The van der Waals surface area contributed by atoms with E-state index < -0.39 is 18.6 Å². The summed E-state index contributed by atoms with van der Waals surface area (Å²) in [5.41, 5.74) is 5.34. The molecule has 0 radical (unpaired) electrons. The number of amides is 1. The van der Waals surface area contributed by atoms with Crippen LogP contribution in [0.2, 0.25) is 0 Å². The van der Waals surface area contributed by atoms with Crippen molar-refractivity contribution in [3.63, 3.8) is 0 Å². The van der Waals surface area contributed by atoms with Crippen LogP contribution in [0.25, 0.3) is 0 Å². The summed E-state index contributed by atoms with van der Waals surface area (Å²) in [6.07, 6.45) is -4.42. The fourth-order valence-corrected chi connectivity index (χ4v) is 2.25. The van der Waals surface area contributed by atoms with E-state index in [4.69, 9.17) is 11.0 Å². The van der Waals surface area contributed by atoms with Crippen molar-refractivity contribution >= 4 is 27.9 Å². The third-order valence-electron chi connectivity index (χ3n) is 2.05. The Labute approximate surface area is 111 Å². The van der Waals surface area contributed by atoms with Gasteiger partial charge in [0.05, 0.1) is 5.69 Å². The maximum Gasteiger partial charge on any atom is 0.405 e. The van der Waals surface area contributed by atoms with Crippen molar-refractivity contribution in [1.29, 1.82) is 5.26 Å². The van der Waals surface area contributed by atoms with Crippen molar-refractivity contribution in [3.8, 4) is 6.07 Å². The average molecular weight is 292 g/mol. The summed E-state index contributed by atoms with van der Waals surface area (Å²) in [4.78, 5) is 11.6. The van der Waals surface area contributed by atoms with Crippen LogP contribution in [0.3, 0.4) is 0 Å². The fraction of sp³-hybridized carbons (Fsp3) is 0.400. The van der Waals surface area contributed by atoms with E-state index in [0.29, 0.717) is 6.54 Å². The summed E-state index contributed by atoms with van der Waals surface area (Å²) < 4.78 is 36.3. The molecule has 104 valence electrons. The molecule has 0 aliphatic rings. The van der Waals surface area contributed by atoms with Gasteiger partial charge < -0.3 is 16.4 Å². The average Bonchev–Trinajstić information content (AvgIpc) is 2.62. The molecule has 0 aromatic carbocycles. The van der Waals surface area contributed by atoms with E-state index >= 15 is 0 Å². The normalized spacial score (nSPS) is 10.9. The van der Waals surface area contributed by atoms with Gasteiger partial charge in [-0.05, 0) is 6.92 Å². The molecular formula is C10H11F3N4OS. The molecule has 0 saturated heterocycles. The van der Waals surface area contributed by atoms with Crippen molar-refractivity contribution in [2.24, 2.45) is 0 Å². The number of halogens is 3. The first-order valence-corrected chi connectivity index (χ1v) is 6.03. The van der Waals surface area contributed by atoms with Gasteiger partial charge in [-0.15, -0.1) is 11.3 Å². The minimum absolute atomic E-state index is 0.0306. The van der Waals surface area contributed by atoms with Crippen LogP contribution in [0.1, 0.15) is 22.2 Å². The Morgan fingerprint density at radius 1 is 1.53 bits per heavy atom. The Kier molecular flexibility index (Phi) is 4.61. The molecule has 0 spiro atoms. The third kappa shape index (κ3) is 3.75. The van der Waals surface area contributed by atoms with E-state index in [9.17, 15) is 18.0 Å². The van der Waals surface area contributed by atoms with E-state index in [0.717, 1.165) is 11.3 Å². The molecule has 1 amide bonds. The summed E-state index contributed by atoms with van der Waals surface area (Å²) in [7, 11) is 0. The molecular weight excluding hydrogens is 281 g/mol. The predicted molar refractivity (Wildman–Crippen MR) is 66.0 cm³/mol. The smallest absolute Gasteiger partial charge is 0.396 e. The van der Waals surface area contributed by atoms with Gasteiger partial charge in [-0.3, -0.25) is 4.79 Å². The number of nitrogen functional groups attached to an aromatic ring is 1. The number of alkyl halides is 3. The Balaban J connectivity index is 3.03. The van der Waals surface area contributed by atoms with Gasteiger partial charge in [-0.2, -0.15) is 18.4 Å². The molecule has 0 bridgehead atoms. The van der Waals surface area contributed by atoms with Gasteiger partial charge in [-0.1, -0.05) is 0 Å². The molecule has 4 N–H and O–H groups in total. The molecule has 1 aromatic rings. The fourth-order valence-electron chi connectivity index (χ4n) is 1.27. The third-order valence-corrected chi connectivity index (χ3v) is 3.21. The molecule has 0 fully saturated rings. The van der Waals surface area contributed by atoms with Crippen molar-refractivity contribution in [1.82, 2.24) is 5.32 Å². The monoisotopic (exact) mass is 292 g/mol. The van der Waals surface area contributed by atoms with Gasteiger partial charge in [0.15, 0.2) is 0 Å². The largest absolute Gasteiger partial charge is 0.405 e. The van der Waals surface area contributed by atoms with Crippen LogP contribution >= 0.6 is 11.3 Å². The molecule has 0 atom stereocenters. The van der Waals surface area contributed by atoms with Gasteiger partial charge in [0.2, 0.25) is 0 Å². The van der Waals surface area contributed by atoms with Crippen molar-refractivity contribution < 1.29 is 18.0 Å². The molecule has 1 aromatic heterocycles. The van der Waals surface area contributed by atoms with Gasteiger partial charge in [0.25, 0.3) is 5.91 Å². The van der Waals surface area contributed by atoms with Gasteiger partial charge in [-0.25, -0.2) is 0 Å². The first-order chi connectivity index (χ1) is 8.80. The van der Waals surface area contributed by atoms with Crippen molar-refractivity contribution in [2.45, 2.75) is 13.1 Å². The maximum absolute atomic E-state index is 12.1. The second-order valence-electron chi connectivity index (χ2n) is 3.49. The van der Waals surface area contributed by atoms with Crippen LogP contribution in [0.4, 0.5) is 23.9 Å². The molecule has 1 rings (SSSR count). The first kappa shape index (κ1) is 15.1. The Bertz CT molecular complexity index is 518. The Hall–Kier alpha value is -1.95. The summed E-state index contributed by atoms with van der Waals surface area (Å²) in [5.74, 6) is -0.512. The van der Waals surface area contributed by atoms with Crippen LogP contribution in [0.5, 0.6) is 0 Å². The minimum atomic E-state index is -4.42. The summed E-state index contributed by atoms with van der Waals surface area (Å²) in [6, 6.07) is 1.69. The number of carbonyl (C=O) groups excluding carboxylic acids is 1. The van der Waals surface area contributed by atoms with E-state index in [2.05, 4.69) is 10.6 Å². The van der Waals surface area contributed by atoms with Crippen LogP contribution < -0.4 is 16.4 Å². The second kappa shape index (κ2) is 5.79. The number of anilines is 2. The lowest BCUT2D eigenvalue weighted by atomic mass is 10.2. The zero-order valence-corrected chi connectivity index (χ0v) is 10.7. The highest BCUT2D eigenvalue weighted by molar-refractivity contribution is 7.18. The maximum atomic E-state index is 12.1. The second-order valence-corrected chi connectivity index (χ2v) is 4.51. The summed E-state index contributed by atoms with van der Waals surface area (Å²) in [5, 5.41) is 13.4. The quantitative estimate of drug-likeness (QED) is 0.790. The molecule has 0 saturated carbocycles. The number of rotatable bonds is 4. The topological polar surface area (TPSA) is 90.9 Å². The zero-order valence-electron chi connectivity index (χ0n) is 9.89. The molecule has 9 heteroatoms. The van der Waals surface area contributed by atoms with Gasteiger partial charge in [0, 0.05) is 6.54 Å². The van der Waals surface area contributed by atoms with Gasteiger partial charge in [0.1, 0.15) is 28.1 Å². The Morgan fingerprint density at radius 3 is 2.63 bits per heavy atom. The van der Waals surface area contributed by atoms with Crippen molar-refractivity contribution in [2.75, 3.05) is 24.1 Å². The number of nitrogens with zero attached hydrogens (tertiary/aromatic N) is 1. The van der Waals surface area contributed by atoms with E-state index in [-0.39, 0.29) is 21.1 Å². The number of nitrogens with one attached hydrogen (secondary N) is 2. The molecule has 0 aliphatic heterocycles. The number of hydrogen-bond donors (Lipinski definition) is 3. The molecule has 19 heavy (non-hydrogen) atoms. The predicted octanol–water partition coefficient (Wildman–Crippen LogP) is 1.93. The van der Waals surface area contributed by atoms with Crippen LogP contribution in [0, 0.1) is 11.3 Å². The zero-order chi connectivity index (χ0) is 14.6. The number of nitriles is 1. The van der Waals surface area contributed by atoms with E-state index in [1.54, 1.807) is 13.0 Å². The molecule has 1 heterocycles. The number of carbonyl (C=O) groups is 1. The number of nitrogens with two attached hydrogens (primary N) is 1. The van der Waals surface area contributed by atoms with E-state index in [1.165, 1.54) is 0 Å². The van der Waals surface area contributed by atoms with Gasteiger partial charge >= 0.3 is 6.18 Å². The van der Waals surface area contributed by atoms with Crippen LogP contribution in [-0.4, -0.2) is 25.2 Å². The lowest BCUT2D eigenvalue weighted by Crippen LogP contribution is -2.22. The lowest BCUT2D eigenvalue weighted by molar-refractivity contribution is -0.115. The lowest BCUT2D eigenvalue weighted by Gasteiger charge is -2.07. The van der Waals surface area contributed by atoms with E-state index in [1.807, 2.05) is 0 Å². The van der Waals surface area contributed by atoms with Crippen molar-refractivity contribution in [3.05, 3.63) is 10.4 Å². The number of hydrogen-bond acceptors (Lipinski definition) is 5. The van der Waals surface area contributed by atoms with Crippen LogP contribution in [0.15, 0.2) is 0 Å². The first-order valence-electron chi connectivity index (χ1n) is 5.21. The highest BCUT2D eigenvalue weighted by Crippen LogP contribution is 2.35. The summed E-state index contributed by atoms with van der Waals surface area (Å²) in [6.45, 7) is 0.746.